The van der Waals surface area contributed by atoms with Crippen LogP contribution < -0.4 is 4.90 Å². The average molecular weight is 348 g/mol. The smallest absolute Gasteiger partial charge is 0.240 e. The molecule has 2 amide bonds. The minimum atomic E-state index is -0.376. The van der Waals surface area contributed by atoms with Crippen molar-refractivity contribution >= 4 is 29.3 Å². The van der Waals surface area contributed by atoms with Crippen molar-refractivity contribution in [3.63, 3.8) is 0 Å². The maximum atomic E-state index is 12.6. The number of rotatable bonds is 4. The Morgan fingerprint density at radius 3 is 2.79 bits per heavy atom. The number of hydrogen-bond donors (Lipinski definition) is 0. The molecule has 3 rings (SSSR count). The first-order valence-electron chi connectivity index (χ1n) is 8.49. The molecule has 0 saturated carbocycles. The van der Waals surface area contributed by atoms with E-state index in [0.29, 0.717) is 0 Å². The molecule has 0 aliphatic carbocycles. The van der Waals surface area contributed by atoms with Gasteiger partial charge in [-0.25, -0.2) is 4.98 Å². The maximum Gasteiger partial charge on any atom is 0.240 e. The standard InChI is InChI=1S/C17H24N4O2S/c1-3-7-20-8-10-21(11-9-20)15(22)12-14-17(23)19(2)13-5-4-6-18-16(13)24-14/h4-6,14H,3,7-12H2,1-2H3/t14-/m1/s1. The monoisotopic (exact) mass is 348 g/mol. The number of carbonyl (C=O) groups excluding carboxylic acids is 2. The summed E-state index contributed by atoms with van der Waals surface area (Å²) in [6.07, 6.45) is 3.11. The number of thioether (sulfide) groups is 1. The number of amides is 2. The third kappa shape index (κ3) is 3.57. The zero-order valence-electron chi connectivity index (χ0n) is 14.3. The predicted molar refractivity (Wildman–Crippen MR) is 95.2 cm³/mol. The number of nitrogens with zero attached hydrogens (tertiary/aromatic N) is 4. The number of aromatic nitrogens is 1. The number of anilines is 1. The molecule has 3 heterocycles. The Hall–Kier alpha value is -1.60. The molecule has 0 spiro atoms. The quantitative estimate of drug-likeness (QED) is 0.825. The highest BCUT2D eigenvalue weighted by atomic mass is 32.2. The number of piperazine rings is 1. The largest absolute Gasteiger partial charge is 0.340 e. The van der Waals surface area contributed by atoms with Crippen LogP contribution in [0.2, 0.25) is 0 Å². The Labute approximate surface area is 147 Å². The van der Waals surface area contributed by atoms with E-state index < -0.39 is 0 Å². The second-order valence-corrected chi connectivity index (χ2v) is 7.45. The van der Waals surface area contributed by atoms with Gasteiger partial charge >= 0.3 is 0 Å². The van der Waals surface area contributed by atoms with Gasteiger partial charge < -0.3 is 9.80 Å². The third-order valence-corrected chi connectivity index (χ3v) is 5.79. The van der Waals surface area contributed by atoms with E-state index in [1.165, 1.54) is 11.8 Å². The molecular weight excluding hydrogens is 324 g/mol. The minimum Gasteiger partial charge on any atom is -0.340 e. The molecule has 6 nitrogen and oxygen atoms in total. The molecule has 0 bridgehead atoms. The first-order valence-corrected chi connectivity index (χ1v) is 9.37. The van der Waals surface area contributed by atoms with Gasteiger partial charge in [0.15, 0.2) is 0 Å². The topological polar surface area (TPSA) is 56.8 Å². The van der Waals surface area contributed by atoms with Crippen LogP contribution in [0, 0.1) is 0 Å². The SMILES string of the molecule is CCCN1CCN(C(=O)C[C@H]2Sc3ncccc3N(C)C2=O)CC1. The lowest BCUT2D eigenvalue weighted by molar-refractivity contribution is -0.134. The van der Waals surface area contributed by atoms with E-state index in [1.54, 1.807) is 18.1 Å². The van der Waals surface area contributed by atoms with Gasteiger partial charge in [-0.2, -0.15) is 0 Å². The fraction of sp³-hybridized carbons (Fsp3) is 0.588. The summed E-state index contributed by atoms with van der Waals surface area (Å²) < 4.78 is 0. The Morgan fingerprint density at radius 1 is 1.33 bits per heavy atom. The number of pyridine rings is 1. The third-order valence-electron chi connectivity index (χ3n) is 4.60. The summed E-state index contributed by atoms with van der Waals surface area (Å²) in [5.74, 6) is 0.0586. The summed E-state index contributed by atoms with van der Waals surface area (Å²) in [7, 11) is 1.75. The fourth-order valence-corrected chi connectivity index (χ4v) is 4.40. The minimum absolute atomic E-state index is 0.0153. The van der Waals surface area contributed by atoms with E-state index in [1.807, 2.05) is 17.0 Å². The van der Waals surface area contributed by atoms with Crippen molar-refractivity contribution in [2.45, 2.75) is 30.0 Å². The second-order valence-electron chi connectivity index (χ2n) is 6.26. The second kappa shape index (κ2) is 7.53. The lowest BCUT2D eigenvalue weighted by atomic mass is 10.2. The van der Waals surface area contributed by atoms with Crippen LogP contribution in [0.5, 0.6) is 0 Å². The number of hydrogen-bond acceptors (Lipinski definition) is 5. The Balaban J connectivity index is 1.60. The van der Waals surface area contributed by atoms with Crippen LogP contribution in [-0.4, -0.2) is 71.6 Å². The highest BCUT2D eigenvalue weighted by Crippen LogP contribution is 2.38. The predicted octanol–water partition coefficient (Wildman–Crippen LogP) is 1.46. The van der Waals surface area contributed by atoms with Crippen molar-refractivity contribution < 1.29 is 9.59 Å². The van der Waals surface area contributed by atoms with Crippen LogP contribution in [-0.2, 0) is 9.59 Å². The van der Waals surface area contributed by atoms with E-state index in [-0.39, 0.29) is 23.5 Å². The van der Waals surface area contributed by atoms with Crippen LogP contribution in [0.25, 0.3) is 0 Å². The summed E-state index contributed by atoms with van der Waals surface area (Å²) in [6, 6.07) is 3.71. The van der Waals surface area contributed by atoms with Gasteiger partial charge in [-0.05, 0) is 25.1 Å². The number of fused-ring (bicyclic) bond motifs is 1. The van der Waals surface area contributed by atoms with Crippen molar-refractivity contribution in [3.8, 4) is 0 Å². The van der Waals surface area contributed by atoms with Gasteiger partial charge in [0.2, 0.25) is 11.8 Å². The maximum absolute atomic E-state index is 12.6. The molecule has 1 aromatic rings. The first kappa shape index (κ1) is 17.2. The molecule has 1 fully saturated rings. The van der Waals surface area contributed by atoms with Crippen molar-refractivity contribution in [3.05, 3.63) is 18.3 Å². The van der Waals surface area contributed by atoms with Crippen LogP contribution in [0.4, 0.5) is 5.69 Å². The van der Waals surface area contributed by atoms with E-state index in [0.717, 1.165) is 49.9 Å². The molecule has 2 aliphatic rings. The van der Waals surface area contributed by atoms with E-state index in [9.17, 15) is 9.59 Å². The normalized spacial score (nSPS) is 21.8. The molecule has 7 heteroatoms. The summed E-state index contributed by atoms with van der Waals surface area (Å²) >= 11 is 1.41. The van der Waals surface area contributed by atoms with Crippen molar-refractivity contribution in [2.24, 2.45) is 0 Å². The van der Waals surface area contributed by atoms with Gasteiger partial charge in [0.1, 0.15) is 5.03 Å². The summed E-state index contributed by atoms with van der Waals surface area (Å²) in [5, 5.41) is 0.448. The van der Waals surface area contributed by atoms with E-state index >= 15 is 0 Å². The molecule has 1 saturated heterocycles. The summed E-state index contributed by atoms with van der Waals surface area (Å²) in [4.78, 5) is 35.4. The van der Waals surface area contributed by atoms with Crippen molar-refractivity contribution in [2.75, 3.05) is 44.7 Å². The molecule has 1 atom stereocenters. The number of carbonyl (C=O) groups is 2. The molecule has 0 N–H and O–H groups in total. The molecule has 130 valence electrons. The Kier molecular flexibility index (Phi) is 5.40. The van der Waals surface area contributed by atoms with Crippen LogP contribution in [0.3, 0.4) is 0 Å². The lowest BCUT2D eigenvalue weighted by Gasteiger charge is -2.36. The molecule has 24 heavy (non-hydrogen) atoms. The summed E-state index contributed by atoms with van der Waals surface area (Å²) in [5.41, 5.74) is 0.823. The Bertz CT molecular complexity index is 616. The molecule has 0 radical (unpaired) electrons. The van der Waals surface area contributed by atoms with Crippen molar-refractivity contribution in [1.82, 2.24) is 14.8 Å². The van der Waals surface area contributed by atoms with Crippen LogP contribution >= 0.6 is 11.8 Å². The van der Waals surface area contributed by atoms with Crippen molar-refractivity contribution in [1.29, 1.82) is 0 Å². The molecule has 0 unspecified atom stereocenters. The van der Waals surface area contributed by atoms with Gasteiger partial charge in [0, 0.05) is 45.8 Å². The average Bonchev–Trinajstić information content (AvgIpc) is 2.60. The fourth-order valence-electron chi connectivity index (χ4n) is 3.20. The first-order chi connectivity index (χ1) is 11.6. The van der Waals surface area contributed by atoms with Crippen LogP contribution in [0.1, 0.15) is 19.8 Å². The van der Waals surface area contributed by atoms with Gasteiger partial charge in [0.25, 0.3) is 0 Å². The van der Waals surface area contributed by atoms with E-state index in [2.05, 4.69) is 16.8 Å². The Morgan fingerprint density at radius 2 is 2.08 bits per heavy atom. The highest BCUT2D eigenvalue weighted by Gasteiger charge is 2.35. The molecule has 1 aromatic heterocycles. The molecule has 0 aromatic carbocycles. The molecule has 2 aliphatic heterocycles. The van der Waals surface area contributed by atoms with Gasteiger partial charge in [-0.15, -0.1) is 0 Å². The van der Waals surface area contributed by atoms with E-state index in [4.69, 9.17) is 0 Å². The lowest BCUT2D eigenvalue weighted by Crippen LogP contribution is -2.50. The molecular formula is C17H24N4O2S. The van der Waals surface area contributed by atoms with Gasteiger partial charge in [-0.1, -0.05) is 18.7 Å². The highest BCUT2D eigenvalue weighted by molar-refractivity contribution is 8.00. The van der Waals surface area contributed by atoms with Gasteiger partial charge in [-0.3, -0.25) is 14.5 Å². The zero-order chi connectivity index (χ0) is 17.1. The van der Waals surface area contributed by atoms with Gasteiger partial charge in [0.05, 0.1) is 10.9 Å². The zero-order valence-corrected chi connectivity index (χ0v) is 15.1. The summed E-state index contributed by atoms with van der Waals surface area (Å²) in [6.45, 7) is 6.63. The van der Waals surface area contributed by atoms with Crippen LogP contribution in [0.15, 0.2) is 23.4 Å².